The second-order valence-corrected chi connectivity index (χ2v) is 7.28. The molecule has 0 amide bonds. The van der Waals surface area contributed by atoms with Crippen LogP contribution in [0.25, 0.3) is 11.0 Å². The summed E-state index contributed by atoms with van der Waals surface area (Å²) in [6.45, 7) is 1.70. The van der Waals surface area contributed by atoms with Gasteiger partial charge in [-0.25, -0.2) is 12.8 Å². The van der Waals surface area contributed by atoms with Gasteiger partial charge in [0.25, 0.3) is 0 Å². The van der Waals surface area contributed by atoms with E-state index in [4.69, 9.17) is 4.42 Å². The SMILES string of the molecule is C[C@H](c1cc2ccccc2o1)N(C)S(=O)(=O)c1ccccc1F. The van der Waals surface area contributed by atoms with Gasteiger partial charge in [0.15, 0.2) is 0 Å². The van der Waals surface area contributed by atoms with Gasteiger partial charge in [0.1, 0.15) is 22.1 Å². The molecule has 2 aromatic carbocycles. The number of fused-ring (bicyclic) bond motifs is 1. The molecule has 0 N–H and O–H groups in total. The summed E-state index contributed by atoms with van der Waals surface area (Å²) in [4.78, 5) is -0.342. The highest BCUT2D eigenvalue weighted by Gasteiger charge is 2.30. The van der Waals surface area contributed by atoms with Crippen molar-refractivity contribution in [3.05, 3.63) is 66.2 Å². The molecule has 0 aliphatic rings. The number of sulfonamides is 1. The number of hydrogen-bond acceptors (Lipinski definition) is 3. The first-order valence-electron chi connectivity index (χ1n) is 7.12. The predicted octanol–water partition coefficient (Wildman–Crippen LogP) is 3.95. The third kappa shape index (κ3) is 2.75. The van der Waals surface area contributed by atoms with E-state index in [2.05, 4.69) is 0 Å². The van der Waals surface area contributed by atoms with Crippen molar-refractivity contribution in [3.63, 3.8) is 0 Å². The Hall–Kier alpha value is -2.18. The van der Waals surface area contributed by atoms with Crippen LogP contribution in [0.4, 0.5) is 4.39 Å². The molecule has 23 heavy (non-hydrogen) atoms. The molecule has 4 nitrogen and oxygen atoms in total. The van der Waals surface area contributed by atoms with Gasteiger partial charge in [0.2, 0.25) is 10.0 Å². The van der Waals surface area contributed by atoms with Gasteiger partial charge in [0.05, 0.1) is 6.04 Å². The van der Waals surface area contributed by atoms with Crippen molar-refractivity contribution in [3.8, 4) is 0 Å². The van der Waals surface area contributed by atoms with Crippen molar-refractivity contribution >= 4 is 21.0 Å². The monoisotopic (exact) mass is 333 g/mol. The molecule has 0 aliphatic carbocycles. The van der Waals surface area contributed by atoms with E-state index in [1.165, 1.54) is 25.2 Å². The summed E-state index contributed by atoms with van der Waals surface area (Å²) >= 11 is 0. The molecule has 6 heteroatoms. The van der Waals surface area contributed by atoms with Gasteiger partial charge < -0.3 is 4.42 Å². The van der Waals surface area contributed by atoms with Gasteiger partial charge in [-0.1, -0.05) is 30.3 Å². The van der Waals surface area contributed by atoms with Gasteiger partial charge in [-0.15, -0.1) is 0 Å². The summed E-state index contributed by atoms with van der Waals surface area (Å²) in [5.74, 6) is -0.259. The molecular weight excluding hydrogens is 317 g/mol. The zero-order valence-corrected chi connectivity index (χ0v) is 13.5. The molecule has 0 saturated heterocycles. The summed E-state index contributed by atoms with van der Waals surface area (Å²) in [5, 5.41) is 0.894. The highest BCUT2D eigenvalue weighted by atomic mass is 32.2. The fourth-order valence-electron chi connectivity index (χ4n) is 2.40. The Labute approximate surface area is 134 Å². The van der Waals surface area contributed by atoms with Crippen LogP contribution in [-0.2, 0) is 10.0 Å². The Balaban J connectivity index is 1.98. The van der Waals surface area contributed by atoms with Gasteiger partial charge in [-0.2, -0.15) is 4.31 Å². The average molecular weight is 333 g/mol. The quantitative estimate of drug-likeness (QED) is 0.726. The summed E-state index contributed by atoms with van der Waals surface area (Å²) in [5.41, 5.74) is 0.686. The molecule has 0 bridgehead atoms. The molecule has 1 heterocycles. The fraction of sp³-hybridized carbons (Fsp3) is 0.176. The van der Waals surface area contributed by atoms with Crippen LogP contribution in [0, 0.1) is 5.82 Å². The first-order chi connectivity index (χ1) is 10.9. The van der Waals surface area contributed by atoms with Crippen molar-refractivity contribution in [2.45, 2.75) is 17.9 Å². The lowest BCUT2D eigenvalue weighted by Crippen LogP contribution is -2.30. The van der Waals surface area contributed by atoms with Crippen molar-refractivity contribution in [1.82, 2.24) is 4.31 Å². The predicted molar refractivity (Wildman–Crippen MR) is 86.0 cm³/mol. The maximum absolute atomic E-state index is 13.8. The second-order valence-electron chi connectivity index (χ2n) is 5.31. The lowest BCUT2D eigenvalue weighted by molar-refractivity contribution is 0.346. The zero-order valence-electron chi connectivity index (χ0n) is 12.7. The van der Waals surface area contributed by atoms with E-state index >= 15 is 0 Å². The number of nitrogens with zero attached hydrogens (tertiary/aromatic N) is 1. The van der Waals surface area contributed by atoms with E-state index in [1.807, 2.05) is 24.3 Å². The second kappa shape index (κ2) is 5.79. The summed E-state index contributed by atoms with van der Waals surface area (Å²) < 4.78 is 45.9. The van der Waals surface area contributed by atoms with Crippen LogP contribution in [0.1, 0.15) is 18.7 Å². The maximum atomic E-state index is 13.8. The van der Waals surface area contributed by atoms with Gasteiger partial charge in [0, 0.05) is 12.4 Å². The van der Waals surface area contributed by atoms with Crippen LogP contribution < -0.4 is 0 Å². The third-order valence-corrected chi connectivity index (χ3v) is 5.86. The van der Waals surface area contributed by atoms with Crippen molar-refractivity contribution in [2.24, 2.45) is 0 Å². The normalized spacial score (nSPS) is 13.6. The molecule has 0 unspecified atom stereocenters. The van der Waals surface area contributed by atoms with E-state index in [-0.39, 0.29) is 4.90 Å². The summed E-state index contributed by atoms with van der Waals surface area (Å²) in [7, 11) is -2.54. The van der Waals surface area contributed by atoms with Crippen LogP contribution >= 0.6 is 0 Å². The maximum Gasteiger partial charge on any atom is 0.246 e. The number of benzene rings is 2. The number of furan rings is 1. The smallest absolute Gasteiger partial charge is 0.246 e. The van der Waals surface area contributed by atoms with Crippen LogP contribution in [0.15, 0.2) is 63.9 Å². The Morgan fingerprint density at radius 3 is 2.43 bits per heavy atom. The van der Waals surface area contributed by atoms with E-state index in [0.717, 1.165) is 15.8 Å². The molecule has 0 saturated carbocycles. The van der Waals surface area contributed by atoms with E-state index in [1.54, 1.807) is 13.0 Å². The number of hydrogen-bond donors (Lipinski definition) is 0. The molecular formula is C17H16FNO3S. The Morgan fingerprint density at radius 1 is 1.09 bits per heavy atom. The lowest BCUT2D eigenvalue weighted by atomic mass is 10.2. The summed E-state index contributed by atoms with van der Waals surface area (Å²) in [6, 6.07) is 14.0. The largest absolute Gasteiger partial charge is 0.459 e. The van der Waals surface area contributed by atoms with Gasteiger partial charge in [-0.05, 0) is 31.2 Å². The van der Waals surface area contributed by atoms with Crippen LogP contribution in [0.5, 0.6) is 0 Å². The van der Waals surface area contributed by atoms with Gasteiger partial charge in [-0.3, -0.25) is 0 Å². The van der Waals surface area contributed by atoms with Crippen LogP contribution in [0.2, 0.25) is 0 Å². The van der Waals surface area contributed by atoms with E-state index in [9.17, 15) is 12.8 Å². The minimum atomic E-state index is -3.96. The molecule has 1 atom stereocenters. The lowest BCUT2D eigenvalue weighted by Gasteiger charge is -2.22. The van der Waals surface area contributed by atoms with Crippen LogP contribution in [0.3, 0.4) is 0 Å². The van der Waals surface area contributed by atoms with E-state index < -0.39 is 21.9 Å². The Morgan fingerprint density at radius 2 is 1.74 bits per heavy atom. The first-order valence-corrected chi connectivity index (χ1v) is 8.56. The molecule has 0 radical (unpaired) electrons. The van der Waals surface area contributed by atoms with E-state index in [0.29, 0.717) is 11.3 Å². The molecule has 120 valence electrons. The third-order valence-electron chi connectivity index (χ3n) is 3.90. The average Bonchev–Trinajstić information content (AvgIpc) is 2.97. The van der Waals surface area contributed by atoms with Crippen LogP contribution in [-0.4, -0.2) is 19.8 Å². The van der Waals surface area contributed by atoms with Crippen molar-refractivity contribution < 1.29 is 17.2 Å². The Kier molecular flexibility index (Phi) is 3.95. The highest BCUT2D eigenvalue weighted by Crippen LogP contribution is 2.30. The summed E-state index contributed by atoms with van der Waals surface area (Å²) in [6.07, 6.45) is 0. The minimum Gasteiger partial charge on any atom is -0.459 e. The Bertz CT molecular complexity index is 916. The minimum absolute atomic E-state index is 0.342. The molecule has 3 rings (SSSR count). The van der Waals surface area contributed by atoms with Gasteiger partial charge >= 0.3 is 0 Å². The van der Waals surface area contributed by atoms with Crippen molar-refractivity contribution in [2.75, 3.05) is 7.05 Å². The molecule has 0 fully saturated rings. The zero-order chi connectivity index (χ0) is 16.6. The molecule has 0 aliphatic heterocycles. The molecule has 3 aromatic rings. The fourth-order valence-corrected chi connectivity index (χ4v) is 3.80. The molecule has 0 spiro atoms. The topological polar surface area (TPSA) is 50.5 Å². The molecule has 1 aromatic heterocycles. The first kappa shape index (κ1) is 15.7. The number of rotatable bonds is 4. The number of para-hydroxylation sites is 1. The standard InChI is InChI=1S/C17H16FNO3S/c1-12(16-11-13-7-3-5-9-15(13)22-16)19(2)23(20,21)17-10-6-4-8-14(17)18/h3-12H,1-2H3/t12-/m1/s1. The van der Waals surface area contributed by atoms with Crippen molar-refractivity contribution in [1.29, 1.82) is 0 Å². The highest BCUT2D eigenvalue weighted by molar-refractivity contribution is 7.89. The number of halogens is 1.